The third-order valence-electron chi connectivity index (χ3n) is 1.79. The molecule has 7 heteroatoms. The molecule has 0 aromatic heterocycles. The normalized spacial score (nSPS) is 9.67. The van der Waals surface area contributed by atoms with Crippen molar-refractivity contribution >= 4 is 17.7 Å². The third kappa shape index (κ3) is 1.96. The summed E-state index contributed by atoms with van der Waals surface area (Å²) in [5.74, 6) is 0. The Balaban J connectivity index is 3.59. The molecule has 0 unspecified atom stereocenters. The van der Waals surface area contributed by atoms with Gasteiger partial charge in [-0.1, -0.05) is 0 Å². The van der Waals surface area contributed by atoms with Crippen molar-refractivity contribution in [2.45, 2.75) is 6.92 Å². The molecule has 0 fully saturated rings. The predicted molar refractivity (Wildman–Crippen MR) is 49.9 cm³/mol. The highest BCUT2D eigenvalue weighted by molar-refractivity contribution is 5.87. The number of carbonyl (C=O) groups excluding carboxylic acids is 1. The number of hydrogen-bond acceptors (Lipinski definition) is 5. The lowest BCUT2D eigenvalue weighted by molar-refractivity contribution is -0.394. The minimum atomic E-state index is -0.816. The fourth-order valence-corrected chi connectivity index (χ4v) is 1.18. The van der Waals surface area contributed by atoms with Crippen molar-refractivity contribution in [1.29, 1.82) is 0 Å². The molecule has 0 atom stereocenters. The fraction of sp³-hybridized carbons (Fsp3) is 0.125. The first-order valence-corrected chi connectivity index (χ1v) is 3.86. The smallest absolute Gasteiger partial charge is 0.287 e. The van der Waals surface area contributed by atoms with Crippen molar-refractivity contribution in [1.82, 2.24) is 0 Å². The van der Waals surface area contributed by atoms with Crippen molar-refractivity contribution in [3.63, 3.8) is 0 Å². The highest BCUT2D eigenvalue weighted by Crippen LogP contribution is 2.28. The van der Waals surface area contributed by atoms with Gasteiger partial charge in [0.05, 0.1) is 9.85 Å². The van der Waals surface area contributed by atoms with Crippen molar-refractivity contribution < 1.29 is 14.6 Å². The van der Waals surface area contributed by atoms with Crippen LogP contribution in [0.4, 0.5) is 11.4 Å². The Morgan fingerprint density at radius 2 is 1.53 bits per heavy atom. The van der Waals surface area contributed by atoms with E-state index in [0.29, 0.717) is 5.56 Å². The Bertz CT molecular complexity index is 419. The van der Waals surface area contributed by atoms with Gasteiger partial charge in [-0.05, 0) is 12.5 Å². The maximum absolute atomic E-state index is 10.6. The second-order valence-corrected chi connectivity index (χ2v) is 2.85. The lowest BCUT2D eigenvalue weighted by Crippen LogP contribution is -2.01. The zero-order chi connectivity index (χ0) is 11.6. The summed E-state index contributed by atoms with van der Waals surface area (Å²) in [6.45, 7) is 1.48. The Kier molecular flexibility index (Phi) is 2.75. The molecule has 1 aromatic rings. The topological polar surface area (TPSA) is 103 Å². The van der Waals surface area contributed by atoms with Crippen LogP contribution in [-0.4, -0.2) is 16.1 Å². The summed E-state index contributed by atoms with van der Waals surface area (Å²) in [6.07, 6.45) is 0.121. The summed E-state index contributed by atoms with van der Waals surface area (Å²) in [5, 5.41) is 21.1. The van der Waals surface area contributed by atoms with E-state index < -0.39 is 26.8 Å². The number of rotatable bonds is 3. The van der Waals surface area contributed by atoms with E-state index in [4.69, 9.17) is 0 Å². The second-order valence-electron chi connectivity index (χ2n) is 2.85. The SMILES string of the molecule is Cc1cc([N+](=O)[O-])c(C=O)c([N+](=O)[O-])c1. The summed E-state index contributed by atoms with van der Waals surface area (Å²) >= 11 is 0. The highest BCUT2D eigenvalue weighted by atomic mass is 16.6. The van der Waals surface area contributed by atoms with Crippen molar-refractivity contribution in [2.24, 2.45) is 0 Å². The van der Waals surface area contributed by atoms with Crippen LogP contribution < -0.4 is 0 Å². The van der Waals surface area contributed by atoms with Gasteiger partial charge in [0.1, 0.15) is 0 Å². The molecule has 0 radical (unpaired) electrons. The number of nitrogens with zero attached hydrogens (tertiary/aromatic N) is 2. The van der Waals surface area contributed by atoms with Gasteiger partial charge in [-0.3, -0.25) is 25.0 Å². The molecule has 0 amide bonds. The fourth-order valence-electron chi connectivity index (χ4n) is 1.18. The molecule has 0 bridgehead atoms. The summed E-state index contributed by atoms with van der Waals surface area (Å²) in [7, 11) is 0. The molecule has 0 N–H and O–H groups in total. The van der Waals surface area contributed by atoms with Crippen LogP contribution in [0.25, 0.3) is 0 Å². The molecule has 0 aliphatic heterocycles. The van der Waals surface area contributed by atoms with E-state index in [1.54, 1.807) is 0 Å². The third-order valence-corrected chi connectivity index (χ3v) is 1.79. The number of carbonyl (C=O) groups is 1. The molecule has 1 rings (SSSR count). The quantitative estimate of drug-likeness (QED) is 0.428. The van der Waals surface area contributed by atoms with Crippen LogP contribution in [0.15, 0.2) is 12.1 Å². The van der Waals surface area contributed by atoms with Gasteiger partial charge in [0.25, 0.3) is 11.4 Å². The predicted octanol–water partition coefficient (Wildman–Crippen LogP) is 1.62. The van der Waals surface area contributed by atoms with Crippen LogP contribution in [0, 0.1) is 27.2 Å². The van der Waals surface area contributed by atoms with Crippen LogP contribution >= 0.6 is 0 Å². The van der Waals surface area contributed by atoms with Gasteiger partial charge in [0.2, 0.25) is 0 Å². The molecule has 15 heavy (non-hydrogen) atoms. The van der Waals surface area contributed by atoms with Crippen LogP contribution in [0.1, 0.15) is 15.9 Å². The van der Waals surface area contributed by atoms with Gasteiger partial charge < -0.3 is 0 Å². The molecule has 1 aromatic carbocycles. The van der Waals surface area contributed by atoms with Crippen molar-refractivity contribution in [2.75, 3.05) is 0 Å². The Morgan fingerprint density at radius 1 is 1.13 bits per heavy atom. The van der Waals surface area contributed by atoms with E-state index in [1.807, 2.05) is 0 Å². The van der Waals surface area contributed by atoms with Crippen LogP contribution in [0.5, 0.6) is 0 Å². The molecule has 0 heterocycles. The average Bonchev–Trinajstić information content (AvgIpc) is 2.16. The van der Waals surface area contributed by atoms with E-state index in [0.717, 1.165) is 12.1 Å². The summed E-state index contributed by atoms with van der Waals surface area (Å²) in [6, 6.07) is 2.24. The molecule has 0 aliphatic rings. The first-order chi connectivity index (χ1) is 6.97. The van der Waals surface area contributed by atoms with Gasteiger partial charge in [0, 0.05) is 12.1 Å². The van der Waals surface area contributed by atoms with E-state index in [2.05, 4.69) is 0 Å². The van der Waals surface area contributed by atoms with Gasteiger partial charge in [0.15, 0.2) is 11.8 Å². The van der Waals surface area contributed by atoms with E-state index in [-0.39, 0.29) is 6.29 Å². The maximum Gasteiger partial charge on any atom is 0.287 e. The van der Waals surface area contributed by atoms with Crippen molar-refractivity contribution in [3.05, 3.63) is 43.5 Å². The van der Waals surface area contributed by atoms with Crippen LogP contribution in [0.2, 0.25) is 0 Å². The van der Waals surface area contributed by atoms with E-state index >= 15 is 0 Å². The average molecular weight is 210 g/mol. The first kappa shape index (κ1) is 10.8. The Morgan fingerprint density at radius 3 is 1.80 bits per heavy atom. The zero-order valence-corrected chi connectivity index (χ0v) is 7.67. The maximum atomic E-state index is 10.6. The lowest BCUT2D eigenvalue weighted by Gasteiger charge is -1.99. The lowest BCUT2D eigenvalue weighted by atomic mass is 10.1. The molecule has 0 spiro atoms. The zero-order valence-electron chi connectivity index (χ0n) is 7.67. The van der Waals surface area contributed by atoms with Gasteiger partial charge in [-0.15, -0.1) is 0 Å². The molecule has 78 valence electrons. The summed E-state index contributed by atoms with van der Waals surface area (Å²) < 4.78 is 0. The molecule has 0 saturated carbocycles. The minimum Gasteiger partial charge on any atom is -0.297 e. The Hall–Kier alpha value is -2.31. The number of aldehydes is 1. The second kappa shape index (κ2) is 3.82. The first-order valence-electron chi connectivity index (χ1n) is 3.86. The number of nitro benzene ring substituents is 2. The van der Waals surface area contributed by atoms with Crippen LogP contribution in [-0.2, 0) is 0 Å². The van der Waals surface area contributed by atoms with Gasteiger partial charge >= 0.3 is 0 Å². The largest absolute Gasteiger partial charge is 0.297 e. The molecule has 0 saturated heterocycles. The van der Waals surface area contributed by atoms with Crippen molar-refractivity contribution in [3.8, 4) is 0 Å². The van der Waals surface area contributed by atoms with Crippen LogP contribution in [0.3, 0.4) is 0 Å². The number of nitro groups is 2. The van der Waals surface area contributed by atoms with E-state index in [9.17, 15) is 25.0 Å². The molecule has 0 aliphatic carbocycles. The van der Waals surface area contributed by atoms with Gasteiger partial charge in [-0.25, -0.2) is 0 Å². The minimum absolute atomic E-state index is 0.121. The molecular weight excluding hydrogens is 204 g/mol. The summed E-state index contributed by atoms with van der Waals surface area (Å²) in [5.41, 5.74) is -1.23. The van der Waals surface area contributed by atoms with E-state index in [1.165, 1.54) is 6.92 Å². The molecular formula is C8H6N2O5. The number of hydrogen-bond donors (Lipinski definition) is 0. The number of aryl methyl sites for hydroxylation is 1. The monoisotopic (exact) mass is 210 g/mol. The summed E-state index contributed by atoms with van der Waals surface area (Å²) in [4.78, 5) is 30.0. The standard InChI is InChI=1S/C8H6N2O5/c1-5-2-7(9(12)13)6(4-11)8(3-5)10(14)15/h2-4H,1H3. The molecule has 7 nitrogen and oxygen atoms in total. The van der Waals surface area contributed by atoms with Gasteiger partial charge in [-0.2, -0.15) is 0 Å². The highest BCUT2D eigenvalue weighted by Gasteiger charge is 2.25. The number of benzene rings is 1. The Labute approximate surface area is 83.6 Å².